The summed E-state index contributed by atoms with van der Waals surface area (Å²) in [4.78, 5) is 6.93. The van der Waals surface area contributed by atoms with E-state index in [9.17, 15) is 0 Å². The Morgan fingerprint density at radius 2 is 2.40 bits per heavy atom. The molecule has 0 bridgehead atoms. The molecule has 2 N–H and O–H groups in total. The van der Waals surface area contributed by atoms with E-state index in [0.717, 1.165) is 44.4 Å². The number of anilines is 1. The van der Waals surface area contributed by atoms with Crippen molar-refractivity contribution in [2.24, 2.45) is 11.8 Å². The van der Waals surface area contributed by atoms with Crippen LogP contribution in [0.5, 0.6) is 0 Å². The molecule has 2 heterocycles. The molecule has 1 aromatic rings. The fraction of sp³-hybridized carbons (Fsp3) is 0.857. The van der Waals surface area contributed by atoms with E-state index in [0.29, 0.717) is 11.8 Å². The maximum atomic E-state index is 5.16. The van der Waals surface area contributed by atoms with E-state index in [-0.39, 0.29) is 0 Å². The Labute approximate surface area is 121 Å². The van der Waals surface area contributed by atoms with Crippen LogP contribution in [0.4, 0.5) is 5.95 Å². The highest BCUT2D eigenvalue weighted by Crippen LogP contribution is 2.20. The fourth-order valence-corrected chi connectivity index (χ4v) is 2.89. The molecule has 2 unspecified atom stereocenters. The number of nitrogens with one attached hydrogen (secondary N) is 2. The third kappa shape index (κ3) is 4.18. The minimum absolute atomic E-state index is 0.458. The number of piperidine rings is 1. The zero-order chi connectivity index (χ0) is 14.4. The first-order chi connectivity index (χ1) is 9.72. The number of H-pyrrole nitrogens is 1. The van der Waals surface area contributed by atoms with E-state index in [2.05, 4.69) is 32.3 Å². The molecule has 1 fully saturated rings. The standard InChI is InChI=1S/C14H27N5O/c1-11(10-20-3)7-13-16-14(18-17-13)19-6-4-5-12(9-19)8-15-2/h11-12,15H,4-10H2,1-3H3,(H,16,17,18). The summed E-state index contributed by atoms with van der Waals surface area (Å²) in [6, 6.07) is 0. The number of rotatable bonds is 7. The highest BCUT2D eigenvalue weighted by atomic mass is 16.5. The van der Waals surface area contributed by atoms with Gasteiger partial charge in [-0.1, -0.05) is 6.92 Å². The molecule has 0 aromatic carbocycles. The molecule has 0 aliphatic carbocycles. The summed E-state index contributed by atoms with van der Waals surface area (Å²) in [5.41, 5.74) is 0. The second-order valence-corrected chi connectivity index (χ2v) is 5.86. The van der Waals surface area contributed by atoms with Gasteiger partial charge in [-0.25, -0.2) is 0 Å². The van der Waals surface area contributed by atoms with E-state index in [4.69, 9.17) is 4.74 Å². The van der Waals surface area contributed by atoms with Crippen LogP contribution in [0.3, 0.4) is 0 Å². The first-order valence-electron chi connectivity index (χ1n) is 7.52. The largest absolute Gasteiger partial charge is 0.384 e. The average Bonchev–Trinajstić information content (AvgIpc) is 2.88. The highest BCUT2D eigenvalue weighted by Gasteiger charge is 2.22. The molecule has 20 heavy (non-hydrogen) atoms. The smallest absolute Gasteiger partial charge is 0.244 e. The molecule has 1 aliphatic heterocycles. The van der Waals surface area contributed by atoms with Gasteiger partial charge < -0.3 is 15.0 Å². The van der Waals surface area contributed by atoms with Crippen molar-refractivity contribution in [1.29, 1.82) is 0 Å². The van der Waals surface area contributed by atoms with Crippen molar-refractivity contribution in [2.75, 3.05) is 45.3 Å². The fourth-order valence-electron chi connectivity index (χ4n) is 2.89. The summed E-state index contributed by atoms with van der Waals surface area (Å²) in [7, 11) is 3.75. The van der Waals surface area contributed by atoms with Gasteiger partial charge in [0, 0.05) is 33.2 Å². The van der Waals surface area contributed by atoms with Gasteiger partial charge in [-0.2, -0.15) is 4.98 Å². The lowest BCUT2D eigenvalue weighted by atomic mass is 9.98. The molecule has 0 saturated carbocycles. The molecule has 1 saturated heterocycles. The van der Waals surface area contributed by atoms with Crippen LogP contribution in [0, 0.1) is 11.8 Å². The molecule has 2 atom stereocenters. The van der Waals surface area contributed by atoms with Gasteiger partial charge in [0.2, 0.25) is 5.95 Å². The van der Waals surface area contributed by atoms with Gasteiger partial charge in [-0.3, -0.25) is 5.10 Å². The number of hydrogen-bond donors (Lipinski definition) is 2. The minimum Gasteiger partial charge on any atom is -0.384 e. The lowest BCUT2D eigenvalue weighted by Gasteiger charge is -2.31. The van der Waals surface area contributed by atoms with E-state index in [1.807, 2.05) is 7.05 Å². The molecule has 0 spiro atoms. The topological polar surface area (TPSA) is 66.1 Å². The van der Waals surface area contributed by atoms with Crippen LogP contribution in [-0.2, 0) is 11.2 Å². The number of nitrogens with zero attached hydrogens (tertiary/aromatic N) is 3. The van der Waals surface area contributed by atoms with Gasteiger partial charge in [0.25, 0.3) is 0 Å². The van der Waals surface area contributed by atoms with Crippen molar-refractivity contribution < 1.29 is 4.74 Å². The van der Waals surface area contributed by atoms with Gasteiger partial charge in [-0.05, 0) is 38.3 Å². The summed E-state index contributed by atoms with van der Waals surface area (Å²) >= 11 is 0. The van der Waals surface area contributed by atoms with Gasteiger partial charge in [-0.15, -0.1) is 5.10 Å². The van der Waals surface area contributed by atoms with Gasteiger partial charge in [0.1, 0.15) is 5.82 Å². The number of ether oxygens (including phenoxy) is 1. The Bertz CT molecular complexity index is 393. The number of methoxy groups -OCH3 is 1. The number of hydrogen-bond acceptors (Lipinski definition) is 5. The Kier molecular flexibility index (Phi) is 5.79. The molecule has 0 radical (unpaired) electrons. The molecule has 1 aliphatic rings. The van der Waals surface area contributed by atoms with Gasteiger partial charge in [0.05, 0.1) is 0 Å². The average molecular weight is 281 g/mol. The Morgan fingerprint density at radius 1 is 1.55 bits per heavy atom. The molecule has 6 nitrogen and oxygen atoms in total. The quantitative estimate of drug-likeness (QED) is 0.782. The lowest BCUT2D eigenvalue weighted by molar-refractivity contribution is 0.159. The van der Waals surface area contributed by atoms with Crippen molar-refractivity contribution >= 4 is 5.95 Å². The predicted octanol–water partition coefficient (Wildman–Crippen LogP) is 1.07. The van der Waals surface area contributed by atoms with Crippen molar-refractivity contribution in [3.63, 3.8) is 0 Å². The molecule has 6 heteroatoms. The number of aromatic nitrogens is 3. The highest BCUT2D eigenvalue weighted by molar-refractivity contribution is 5.29. The lowest BCUT2D eigenvalue weighted by Crippen LogP contribution is -2.39. The molecule has 0 amide bonds. The zero-order valence-corrected chi connectivity index (χ0v) is 12.9. The molecule has 1 aromatic heterocycles. The van der Waals surface area contributed by atoms with Crippen molar-refractivity contribution in [1.82, 2.24) is 20.5 Å². The Balaban J connectivity index is 1.90. The first kappa shape index (κ1) is 15.3. The second kappa shape index (κ2) is 7.59. The van der Waals surface area contributed by atoms with Crippen LogP contribution in [0.25, 0.3) is 0 Å². The van der Waals surface area contributed by atoms with Crippen LogP contribution in [0.15, 0.2) is 0 Å². The van der Waals surface area contributed by atoms with Crippen LogP contribution >= 0.6 is 0 Å². The summed E-state index contributed by atoms with van der Waals surface area (Å²) in [5, 5.41) is 10.7. The Morgan fingerprint density at radius 3 is 3.15 bits per heavy atom. The summed E-state index contributed by atoms with van der Waals surface area (Å²) < 4.78 is 5.16. The maximum absolute atomic E-state index is 5.16. The number of aromatic amines is 1. The maximum Gasteiger partial charge on any atom is 0.244 e. The monoisotopic (exact) mass is 281 g/mol. The van der Waals surface area contributed by atoms with Crippen molar-refractivity contribution in [3.05, 3.63) is 5.82 Å². The minimum atomic E-state index is 0.458. The summed E-state index contributed by atoms with van der Waals surface area (Å²) in [6.45, 7) is 6.09. The van der Waals surface area contributed by atoms with Crippen LogP contribution < -0.4 is 10.2 Å². The first-order valence-corrected chi connectivity index (χ1v) is 7.52. The summed E-state index contributed by atoms with van der Waals surface area (Å²) in [6.07, 6.45) is 3.39. The molecular weight excluding hydrogens is 254 g/mol. The van der Waals surface area contributed by atoms with E-state index in [1.54, 1.807) is 7.11 Å². The predicted molar refractivity (Wildman–Crippen MR) is 80.0 cm³/mol. The van der Waals surface area contributed by atoms with Gasteiger partial charge >= 0.3 is 0 Å². The molecule has 2 rings (SSSR count). The van der Waals surface area contributed by atoms with Crippen LogP contribution in [0.2, 0.25) is 0 Å². The SMILES string of the molecule is CNCC1CCCN(c2n[nH]c(CC(C)COC)n2)C1. The summed E-state index contributed by atoms with van der Waals surface area (Å²) in [5.74, 6) is 2.97. The van der Waals surface area contributed by atoms with E-state index < -0.39 is 0 Å². The van der Waals surface area contributed by atoms with Crippen LogP contribution in [0.1, 0.15) is 25.6 Å². The van der Waals surface area contributed by atoms with Crippen molar-refractivity contribution in [2.45, 2.75) is 26.2 Å². The Hall–Kier alpha value is -1.14. The zero-order valence-electron chi connectivity index (χ0n) is 12.9. The molecule has 114 valence electrons. The van der Waals surface area contributed by atoms with Gasteiger partial charge in [0.15, 0.2) is 0 Å². The van der Waals surface area contributed by atoms with Crippen molar-refractivity contribution in [3.8, 4) is 0 Å². The van der Waals surface area contributed by atoms with Crippen LogP contribution in [-0.4, -0.2) is 55.6 Å². The third-order valence-electron chi connectivity index (χ3n) is 3.81. The third-order valence-corrected chi connectivity index (χ3v) is 3.81. The normalized spacial score (nSPS) is 21.1. The van der Waals surface area contributed by atoms with E-state index in [1.165, 1.54) is 12.8 Å². The second-order valence-electron chi connectivity index (χ2n) is 5.86. The van der Waals surface area contributed by atoms with E-state index >= 15 is 0 Å². The molecular formula is C14H27N5O.